The third-order valence-corrected chi connectivity index (χ3v) is 7.22. The number of rotatable bonds is 4. The highest BCUT2D eigenvalue weighted by atomic mass is 35.5. The first kappa shape index (κ1) is 18.7. The minimum absolute atomic E-state index is 0. The van der Waals surface area contributed by atoms with Crippen LogP contribution in [-0.4, -0.2) is 51.4 Å². The van der Waals surface area contributed by atoms with Gasteiger partial charge in [-0.15, -0.1) is 23.7 Å². The minimum atomic E-state index is -3.41. The summed E-state index contributed by atoms with van der Waals surface area (Å²) >= 11 is 1.22. The summed E-state index contributed by atoms with van der Waals surface area (Å²) in [5, 5.41) is 4.97. The molecule has 1 aromatic heterocycles. The second-order valence-corrected chi connectivity index (χ2v) is 8.73. The van der Waals surface area contributed by atoms with Gasteiger partial charge in [0.1, 0.15) is 4.21 Å². The van der Waals surface area contributed by atoms with Crippen molar-refractivity contribution < 1.29 is 13.2 Å². The van der Waals surface area contributed by atoms with Gasteiger partial charge in [-0.1, -0.05) is 6.07 Å². The number of carbonyl (C=O) groups is 1. The van der Waals surface area contributed by atoms with Gasteiger partial charge in [-0.05, 0) is 37.3 Å². The standard InChI is InChI=1S/C14H21N3O3S2.ClH/c18-14(11-3-6-15-10-11)17-7-4-12(5-8-17)16-22(19,20)13-2-1-9-21-13;/h1-2,9,11-12,15-16H,3-8,10H2;1H. The molecule has 3 rings (SSSR count). The third kappa shape index (κ3) is 4.45. The smallest absolute Gasteiger partial charge is 0.250 e. The van der Waals surface area contributed by atoms with E-state index < -0.39 is 10.0 Å². The molecule has 1 unspecified atom stereocenters. The number of sulfonamides is 1. The Balaban J connectivity index is 0.00000192. The lowest BCUT2D eigenvalue weighted by molar-refractivity contribution is -0.135. The lowest BCUT2D eigenvalue weighted by Crippen LogP contribution is -2.48. The van der Waals surface area contributed by atoms with E-state index in [9.17, 15) is 13.2 Å². The van der Waals surface area contributed by atoms with Gasteiger partial charge >= 0.3 is 0 Å². The van der Waals surface area contributed by atoms with Crippen molar-refractivity contribution in [3.8, 4) is 0 Å². The van der Waals surface area contributed by atoms with Crippen LogP contribution in [0.4, 0.5) is 0 Å². The molecule has 2 N–H and O–H groups in total. The monoisotopic (exact) mass is 379 g/mol. The Kier molecular flexibility index (Phi) is 6.44. The number of hydrogen-bond acceptors (Lipinski definition) is 5. The molecule has 2 aliphatic heterocycles. The first-order valence-corrected chi connectivity index (χ1v) is 9.98. The van der Waals surface area contributed by atoms with E-state index in [1.165, 1.54) is 11.3 Å². The van der Waals surface area contributed by atoms with Crippen molar-refractivity contribution >= 4 is 39.7 Å². The molecule has 2 aliphatic rings. The fourth-order valence-electron chi connectivity index (χ4n) is 3.04. The van der Waals surface area contributed by atoms with E-state index in [0.29, 0.717) is 30.1 Å². The zero-order chi connectivity index (χ0) is 15.6. The number of nitrogens with one attached hydrogen (secondary N) is 2. The van der Waals surface area contributed by atoms with E-state index in [4.69, 9.17) is 0 Å². The molecule has 23 heavy (non-hydrogen) atoms. The Bertz CT molecular complexity index is 607. The fraction of sp³-hybridized carbons (Fsp3) is 0.643. The summed E-state index contributed by atoms with van der Waals surface area (Å²) in [6, 6.07) is 3.26. The Hall–Kier alpha value is -0.670. The summed E-state index contributed by atoms with van der Waals surface area (Å²) in [6.45, 7) is 2.94. The number of halogens is 1. The molecule has 1 aromatic rings. The number of thiophene rings is 1. The molecule has 2 fully saturated rings. The van der Waals surface area contributed by atoms with Gasteiger partial charge < -0.3 is 10.2 Å². The largest absolute Gasteiger partial charge is 0.342 e. The first-order chi connectivity index (χ1) is 10.6. The van der Waals surface area contributed by atoms with Crippen molar-refractivity contribution in [2.45, 2.75) is 29.5 Å². The molecule has 0 spiro atoms. The van der Waals surface area contributed by atoms with Crippen LogP contribution in [0, 0.1) is 5.92 Å². The second-order valence-electron chi connectivity index (χ2n) is 5.84. The minimum Gasteiger partial charge on any atom is -0.342 e. The maximum atomic E-state index is 12.3. The van der Waals surface area contributed by atoms with Gasteiger partial charge in [0, 0.05) is 25.7 Å². The molecule has 0 bridgehead atoms. The van der Waals surface area contributed by atoms with E-state index in [-0.39, 0.29) is 30.3 Å². The molecule has 3 heterocycles. The number of hydrogen-bond donors (Lipinski definition) is 2. The highest BCUT2D eigenvalue weighted by molar-refractivity contribution is 7.91. The van der Waals surface area contributed by atoms with Gasteiger partial charge in [-0.25, -0.2) is 13.1 Å². The molecule has 1 atom stereocenters. The fourth-order valence-corrected chi connectivity index (χ4v) is 5.35. The van der Waals surface area contributed by atoms with E-state index in [2.05, 4.69) is 10.0 Å². The number of nitrogens with zero attached hydrogens (tertiary/aromatic N) is 1. The van der Waals surface area contributed by atoms with Crippen molar-refractivity contribution in [1.29, 1.82) is 0 Å². The zero-order valence-corrected chi connectivity index (χ0v) is 15.2. The topological polar surface area (TPSA) is 78.5 Å². The van der Waals surface area contributed by atoms with E-state index in [0.717, 1.165) is 19.5 Å². The summed E-state index contributed by atoms with van der Waals surface area (Å²) < 4.78 is 27.5. The maximum Gasteiger partial charge on any atom is 0.250 e. The number of amides is 1. The van der Waals surface area contributed by atoms with Gasteiger partial charge in [-0.2, -0.15) is 0 Å². The highest BCUT2D eigenvalue weighted by Crippen LogP contribution is 2.20. The van der Waals surface area contributed by atoms with Crippen molar-refractivity contribution in [1.82, 2.24) is 14.9 Å². The number of carbonyl (C=O) groups excluding carboxylic acids is 1. The average molecular weight is 380 g/mol. The van der Waals surface area contributed by atoms with Crippen molar-refractivity contribution in [2.24, 2.45) is 5.92 Å². The molecular weight excluding hydrogens is 358 g/mol. The molecule has 130 valence electrons. The van der Waals surface area contributed by atoms with Crippen molar-refractivity contribution in [3.05, 3.63) is 17.5 Å². The molecule has 0 saturated carbocycles. The molecule has 6 nitrogen and oxygen atoms in total. The predicted molar refractivity (Wildman–Crippen MR) is 92.5 cm³/mol. The van der Waals surface area contributed by atoms with Gasteiger partial charge in [0.15, 0.2) is 0 Å². The summed E-state index contributed by atoms with van der Waals surface area (Å²) in [4.78, 5) is 14.2. The zero-order valence-electron chi connectivity index (χ0n) is 12.7. The second kappa shape index (κ2) is 7.94. The van der Waals surface area contributed by atoms with Gasteiger partial charge in [-0.3, -0.25) is 4.79 Å². The van der Waals surface area contributed by atoms with Crippen LogP contribution in [0.1, 0.15) is 19.3 Å². The van der Waals surface area contributed by atoms with Gasteiger partial charge in [0.05, 0.1) is 5.92 Å². The van der Waals surface area contributed by atoms with Crippen LogP contribution in [0.5, 0.6) is 0 Å². The molecule has 2 saturated heterocycles. The third-order valence-electron chi connectivity index (χ3n) is 4.30. The summed E-state index contributed by atoms with van der Waals surface area (Å²) in [7, 11) is -3.41. The van der Waals surface area contributed by atoms with Crippen LogP contribution in [-0.2, 0) is 14.8 Å². The summed E-state index contributed by atoms with van der Waals surface area (Å²) in [6.07, 6.45) is 2.26. The summed E-state index contributed by atoms with van der Waals surface area (Å²) in [5.41, 5.74) is 0. The van der Waals surface area contributed by atoms with Crippen LogP contribution < -0.4 is 10.0 Å². The molecule has 9 heteroatoms. The Morgan fingerprint density at radius 3 is 2.61 bits per heavy atom. The number of likely N-dealkylation sites (tertiary alicyclic amines) is 1. The number of piperidine rings is 1. The Morgan fingerprint density at radius 2 is 2.04 bits per heavy atom. The molecule has 0 aromatic carbocycles. The molecule has 0 radical (unpaired) electrons. The quantitative estimate of drug-likeness (QED) is 0.819. The highest BCUT2D eigenvalue weighted by Gasteiger charge is 2.31. The Morgan fingerprint density at radius 1 is 1.30 bits per heavy atom. The van der Waals surface area contributed by atoms with Crippen molar-refractivity contribution in [2.75, 3.05) is 26.2 Å². The lowest BCUT2D eigenvalue weighted by atomic mass is 10.0. The van der Waals surface area contributed by atoms with Crippen LogP contribution in [0.3, 0.4) is 0 Å². The molecule has 1 amide bonds. The SMILES string of the molecule is Cl.O=C(C1CCNC1)N1CCC(NS(=O)(=O)c2cccs2)CC1. The normalized spacial score (nSPS) is 22.8. The van der Waals surface area contributed by atoms with E-state index >= 15 is 0 Å². The van der Waals surface area contributed by atoms with Crippen LogP contribution in [0.25, 0.3) is 0 Å². The lowest BCUT2D eigenvalue weighted by Gasteiger charge is -2.33. The molecule has 0 aliphatic carbocycles. The van der Waals surface area contributed by atoms with E-state index in [1.807, 2.05) is 4.90 Å². The van der Waals surface area contributed by atoms with Crippen LogP contribution in [0.2, 0.25) is 0 Å². The van der Waals surface area contributed by atoms with E-state index in [1.54, 1.807) is 17.5 Å². The first-order valence-electron chi connectivity index (χ1n) is 7.61. The van der Waals surface area contributed by atoms with Crippen molar-refractivity contribution in [3.63, 3.8) is 0 Å². The predicted octanol–water partition coefficient (Wildman–Crippen LogP) is 1.05. The van der Waals surface area contributed by atoms with Crippen LogP contribution >= 0.6 is 23.7 Å². The average Bonchev–Trinajstić information content (AvgIpc) is 3.20. The Labute approximate surface area is 147 Å². The van der Waals surface area contributed by atoms with Gasteiger partial charge in [0.25, 0.3) is 0 Å². The summed E-state index contributed by atoms with van der Waals surface area (Å²) in [5.74, 6) is 0.309. The van der Waals surface area contributed by atoms with Gasteiger partial charge in [0.2, 0.25) is 15.9 Å². The maximum absolute atomic E-state index is 12.3. The van der Waals surface area contributed by atoms with Crippen LogP contribution in [0.15, 0.2) is 21.7 Å². The molecular formula is C14H22ClN3O3S2.